The van der Waals surface area contributed by atoms with Crippen molar-refractivity contribution in [2.24, 2.45) is 0 Å². The van der Waals surface area contributed by atoms with Crippen molar-refractivity contribution >= 4 is 17.2 Å². The van der Waals surface area contributed by atoms with Crippen LogP contribution < -0.4 is 11.0 Å². The number of benzene rings is 1. The number of nitrogens with one attached hydrogen (secondary N) is 1. The highest BCUT2D eigenvalue weighted by molar-refractivity contribution is 7.13. The standard InChI is InChI=1S/C19H20N4O2S/c1-13-10-14(2)23(19(25)21-13)9-8-20-17(24)11-16-12-26-18(22-16)15-6-4-3-5-7-15/h3-7,10,12H,8-9,11H2,1-2H3,(H,20,24). The van der Waals surface area contributed by atoms with Crippen molar-refractivity contribution in [3.8, 4) is 10.6 Å². The van der Waals surface area contributed by atoms with Crippen LogP contribution in [0, 0.1) is 13.8 Å². The van der Waals surface area contributed by atoms with Gasteiger partial charge in [-0.25, -0.2) is 9.78 Å². The second-order valence-electron chi connectivity index (χ2n) is 6.01. The zero-order valence-corrected chi connectivity index (χ0v) is 15.5. The molecule has 1 N–H and O–H groups in total. The monoisotopic (exact) mass is 368 g/mol. The zero-order chi connectivity index (χ0) is 18.5. The topological polar surface area (TPSA) is 76.9 Å². The Labute approximate surface area is 155 Å². The van der Waals surface area contributed by atoms with Crippen molar-refractivity contribution in [3.05, 3.63) is 69.3 Å². The molecule has 3 aromatic rings. The molecule has 0 aliphatic rings. The minimum absolute atomic E-state index is 0.110. The largest absolute Gasteiger partial charge is 0.354 e. The molecule has 0 spiro atoms. The van der Waals surface area contributed by atoms with Crippen LogP contribution in [0.5, 0.6) is 0 Å². The van der Waals surface area contributed by atoms with Crippen LogP contribution in [0.2, 0.25) is 0 Å². The first-order valence-electron chi connectivity index (χ1n) is 8.34. The fraction of sp³-hybridized carbons (Fsp3) is 0.263. The van der Waals surface area contributed by atoms with Crippen LogP contribution in [0.25, 0.3) is 10.6 Å². The number of nitrogens with zero attached hydrogens (tertiary/aromatic N) is 3. The second-order valence-corrected chi connectivity index (χ2v) is 6.87. The Morgan fingerprint density at radius 1 is 1.19 bits per heavy atom. The third-order valence-corrected chi connectivity index (χ3v) is 4.86. The number of rotatable bonds is 6. The van der Waals surface area contributed by atoms with Gasteiger partial charge in [0, 0.05) is 35.4 Å². The molecule has 0 fully saturated rings. The first-order chi connectivity index (χ1) is 12.5. The van der Waals surface area contributed by atoms with Gasteiger partial charge < -0.3 is 5.32 Å². The summed E-state index contributed by atoms with van der Waals surface area (Å²) in [5.74, 6) is -0.110. The van der Waals surface area contributed by atoms with Gasteiger partial charge in [-0.2, -0.15) is 4.98 Å². The van der Waals surface area contributed by atoms with Crippen molar-refractivity contribution < 1.29 is 4.79 Å². The average molecular weight is 368 g/mol. The predicted octanol–water partition coefficient (Wildman–Crippen LogP) is 2.34. The van der Waals surface area contributed by atoms with Crippen LogP contribution in [0.1, 0.15) is 17.1 Å². The van der Waals surface area contributed by atoms with Crippen LogP contribution in [0.15, 0.2) is 46.6 Å². The zero-order valence-electron chi connectivity index (χ0n) is 14.7. The summed E-state index contributed by atoms with van der Waals surface area (Å²) in [6.07, 6.45) is 0.226. The van der Waals surface area contributed by atoms with Gasteiger partial charge in [0.25, 0.3) is 0 Å². The molecule has 0 aliphatic heterocycles. The molecule has 26 heavy (non-hydrogen) atoms. The number of amides is 1. The van der Waals surface area contributed by atoms with Gasteiger partial charge in [0.2, 0.25) is 5.91 Å². The maximum absolute atomic E-state index is 12.1. The van der Waals surface area contributed by atoms with E-state index in [0.29, 0.717) is 18.8 Å². The lowest BCUT2D eigenvalue weighted by Crippen LogP contribution is -2.33. The van der Waals surface area contributed by atoms with Gasteiger partial charge >= 0.3 is 5.69 Å². The van der Waals surface area contributed by atoms with E-state index >= 15 is 0 Å². The third-order valence-electron chi connectivity index (χ3n) is 3.92. The number of carbonyl (C=O) groups is 1. The minimum Gasteiger partial charge on any atom is -0.354 e. The SMILES string of the molecule is Cc1cc(C)n(CCNC(=O)Cc2csc(-c3ccccc3)n2)c(=O)n1. The molecule has 7 heteroatoms. The van der Waals surface area contributed by atoms with E-state index in [1.165, 1.54) is 11.3 Å². The molecular formula is C19H20N4O2S. The predicted molar refractivity (Wildman–Crippen MR) is 102 cm³/mol. The molecule has 0 unspecified atom stereocenters. The van der Waals surface area contributed by atoms with Gasteiger partial charge in [0.1, 0.15) is 5.01 Å². The number of hydrogen-bond donors (Lipinski definition) is 1. The van der Waals surface area contributed by atoms with Crippen molar-refractivity contribution in [2.75, 3.05) is 6.54 Å². The number of hydrogen-bond acceptors (Lipinski definition) is 5. The Kier molecular flexibility index (Phi) is 5.58. The Morgan fingerprint density at radius 2 is 1.96 bits per heavy atom. The van der Waals surface area contributed by atoms with E-state index in [9.17, 15) is 9.59 Å². The van der Waals surface area contributed by atoms with Gasteiger partial charge in [-0.3, -0.25) is 9.36 Å². The summed E-state index contributed by atoms with van der Waals surface area (Å²) in [5, 5.41) is 5.64. The van der Waals surface area contributed by atoms with Gasteiger partial charge in [0.15, 0.2) is 0 Å². The quantitative estimate of drug-likeness (QED) is 0.724. The molecule has 1 aromatic carbocycles. The van der Waals surface area contributed by atoms with Gasteiger partial charge in [-0.1, -0.05) is 30.3 Å². The van der Waals surface area contributed by atoms with Crippen molar-refractivity contribution in [1.29, 1.82) is 0 Å². The smallest absolute Gasteiger partial charge is 0.348 e. The van der Waals surface area contributed by atoms with E-state index in [1.807, 2.05) is 48.7 Å². The summed E-state index contributed by atoms with van der Waals surface area (Å²) < 4.78 is 1.56. The summed E-state index contributed by atoms with van der Waals surface area (Å²) in [6, 6.07) is 11.7. The van der Waals surface area contributed by atoms with E-state index in [0.717, 1.165) is 22.0 Å². The van der Waals surface area contributed by atoms with Gasteiger partial charge in [-0.05, 0) is 19.9 Å². The van der Waals surface area contributed by atoms with E-state index in [2.05, 4.69) is 15.3 Å². The molecule has 2 heterocycles. The van der Waals surface area contributed by atoms with Crippen LogP contribution in [-0.4, -0.2) is 27.0 Å². The van der Waals surface area contributed by atoms with Crippen LogP contribution in [0.4, 0.5) is 0 Å². The molecule has 1 amide bonds. The van der Waals surface area contributed by atoms with E-state index in [4.69, 9.17) is 0 Å². The molecule has 134 valence electrons. The van der Waals surface area contributed by atoms with Crippen molar-refractivity contribution in [3.63, 3.8) is 0 Å². The van der Waals surface area contributed by atoms with E-state index in [1.54, 1.807) is 11.5 Å². The molecule has 0 aliphatic carbocycles. The highest BCUT2D eigenvalue weighted by Crippen LogP contribution is 2.23. The molecule has 0 saturated carbocycles. The maximum Gasteiger partial charge on any atom is 0.348 e. The number of carbonyl (C=O) groups excluding carboxylic acids is 1. The fourth-order valence-corrected chi connectivity index (χ4v) is 3.51. The Hall–Kier alpha value is -2.80. The Balaban J connectivity index is 1.54. The van der Waals surface area contributed by atoms with E-state index < -0.39 is 0 Å². The molecule has 0 saturated heterocycles. The minimum atomic E-state index is -0.288. The fourth-order valence-electron chi connectivity index (χ4n) is 2.68. The maximum atomic E-state index is 12.1. The summed E-state index contributed by atoms with van der Waals surface area (Å²) >= 11 is 1.53. The van der Waals surface area contributed by atoms with Crippen molar-refractivity contribution in [1.82, 2.24) is 19.9 Å². The molecule has 2 aromatic heterocycles. The Morgan fingerprint density at radius 3 is 2.69 bits per heavy atom. The number of aromatic nitrogens is 3. The molecule has 6 nitrogen and oxygen atoms in total. The third kappa shape index (κ3) is 4.43. The molecule has 0 radical (unpaired) electrons. The summed E-state index contributed by atoms with van der Waals surface area (Å²) in [6.45, 7) is 4.42. The second kappa shape index (κ2) is 8.05. The highest BCUT2D eigenvalue weighted by Gasteiger charge is 2.09. The molecule has 3 rings (SSSR count). The molecule has 0 atom stereocenters. The first-order valence-corrected chi connectivity index (χ1v) is 9.22. The lowest BCUT2D eigenvalue weighted by Gasteiger charge is -2.10. The van der Waals surface area contributed by atoms with Crippen molar-refractivity contribution in [2.45, 2.75) is 26.8 Å². The lowest BCUT2D eigenvalue weighted by atomic mass is 10.2. The van der Waals surface area contributed by atoms with E-state index in [-0.39, 0.29) is 18.0 Å². The van der Waals surface area contributed by atoms with Crippen LogP contribution >= 0.6 is 11.3 Å². The van der Waals surface area contributed by atoms with Crippen LogP contribution in [0.3, 0.4) is 0 Å². The summed E-state index contributed by atoms with van der Waals surface area (Å²) in [7, 11) is 0. The number of aryl methyl sites for hydroxylation is 2. The first kappa shape index (κ1) is 18.0. The highest BCUT2D eigenvalue weighted by atomic mass is 32.1. The van der Waals surface area contributed by atoms with Gasteiger partial charge in [-0.15, -0.1) is 11.3 Å². The molecular weight excluding hydrogens is 348 g/mol. The lowest BCUT2D eigenvalue weighted by molar-refractivity contribution is -0.120. The number of thiazole rings is 1. The normalized spacial score (nSPS) is 10.7. The Bertz CT molecular complexity index is 963. The summed E-state index contributed by atoms with van der Waals surface area (Å²) in [5.41, 5.74) is 3.04. The average Bonchev–Trinajstić information content (AvgIpc) is 3.06. The molecule has 0 bridgehead atoms. The summed E-state index contributed by atoms with van der Waals surface area (Å²) in [4.78, 5) is 32.5. The van der Waals surface area contributed by atoms with Gasteiger partial charge in [0.05, 0.1) is 12.1 Å². The van der Waals surface area contributed by atoms with Crippen LogP contribution in [-0.2, 0) is 17.8 Å².